The van der Waals surface area contributed by atoms with Gasteiger partial charge in [0.15, 0.2) is 11.5 Å². The van der Waals surface area contributed by atoms with Gasteiger partial charge < -0.3 is 14.8 Å². The molecule has 1 N–H and O–H groups in total. The van der Waals surface area contributed by atoms with E-state index in [-0.39, 0.29) is 12.5 Å². The second-order valence-corrected chi connectivity index (χ2v) is 6.60. The average molecular weight is 385 g/mol. The van der Waals surface area contributed by atoms with E-state index in [9.17, 15) is 4.79 Å². The summed E-state index contributed by atoms with van der Waals surface area (Å²) in [6.07, 6.45) is 0. The number of rotatable bonds is 9. The van der Waals surface area contributed by atoms with Crippen molar-refractivity contribution in [3.8, 4) is 11.5 Å². The van der Waals surface area contributed by atoms with Gasteiger partial charge in [-0.3, -0.25) is 9.69 Å². The SMILES string of the molecule is CCOc1ccc(NC(=O)CN(C)Cc2nnsc2Cl)cc1OCC. The lowest BCUT2D eigenvalue weighted by Gasteiger charge is -2.16. The van der Waals surface area contributed by atoms with Crippen LogP contribution in [-0.4, -0.2) is 47.2 Å². The molecule has 0 unspecified atom stereocenters. The zero-order valence-electron chi connectivity index (χ0n) is 14.4. The van der Waals surface area contributed by atoms with E-state index in [2.05, 4.69) is 14.9 Å². The lowest BCUT2D eigenvalue weighted by Crippen LogP contribution is -2.30. The monoisotopic (exact) mass is 384 g/mol. The van der Waals surface area contributed by atoms with Gasteiger partial charge in [-0.25, -0.2) is 0 Å². The number of hydrogen-bond donors (Lipinski definition) is 1. The van der Waals surface area contributed by atoms with E-state index in [1.54, 1.807) is 18.2 Å². The van der Waals surface area contributed by atoms with Crippen LogP contribution in [0, 0.1) is 0 Å². The number of carbonyl (C=O) groups excluding carboxylic acids is 1. The minimum Gasteiger partial charge on any atom is -0.490 e. The molecule has 0 saturated heterocycles. The molecule has 2 rings (SSSR count). The smallest absolute Gasteiger partial charge is 0.238 e. The van der Waals surface area contributed by atoms with Crippen LogP contribution >= 0.6 is 23.1 Å². The first kappa shape index (κ1) is 19.4. The lowest BCUT2D eigenvalue weighted by atomic mass is 10.2. The van der Waals surface area contributed by atoms with Crippen molar-refractivity contribution in [2.24, 2.45) is 0 Å². The second kappa shape index (κ2) is 9.55. The van der Waals surface area contributed by atoms with Crippen LogP contribution in [0.2, 0.25) is 4.34 Å². The Morgan fingerprint density at radius 3 is 2.64 bits per heavy atom. The quantitative estimate of drug-likeness (QED) is 0.716. The van der Waals surface area contributed by atoms with E-state index in [0.29, 0.717) is 47.0 Å². The Labute approximate surface area is 156 Å². The summed E-state index contributed by atoms with van der Waals surface area (Å²) in [6.45, 7) is 5.52. The predicted molar refractivity (Wildman–Crippen MR) is 98.7 cm³/mol. The van der Waals surface area contributed by atoms with Gasteiger partial charge in [-0.1, -0.05) is 16.1 Å². The highest BCUT2D eigenvalue weighted by molar-refractivity contribution is 7.10. The first-order valence-electron chi connectivity index (χ1n) is 7.88. The molecular formula is C16H21ClN4O3S. The number of amides is 1. The fraction of sp³-hybridized carbons (Fsp3) is 0.438. The van der Waals surface area contributed by atoms with Crippen molar-refractivity contribution in [2.75, 3.05) is 32.1 Å². The second-order valence-electron chi connectivity index (χ2n) is 5.24. The van der Waals surface area contributed by atoms with Crippen molar-refractivity contribution in [1.82, 2.24) is 14.5 Å². The van der Waals surface area contributed by atoms with Crippen molar-refractivity contribution in [3.63, 3.8) is 0 Å². The molecule has 7 nitrogen and oxygen atoms in total. The van der Waals surface area contributed by atoms with Gasteiger partial charge in [-0.05, 0) is 33.0 Å². The molecule has 0 aliphatic heterocycles. The fourth-order valence-electron chi connectivity index (χ4n) is 2.18. The zero-order chi connectivity index (χ0) is 18.2. The van der Waals surface area contributed by atoms with Gasteiger partial charge in [0.25, 0.3) is 0 Å². The van der Waals surface area contributed by atoms with E-state index < -0.39 is 0 Å². The number of nitrogens with zero attached hydrogens (tertiary/aromatic N) is 3. The molecule has 1 amide bonds. The van der Waals surface area contributed by atoms with E-state index in [0.717, 1.165) is 11.5 Å². The number of anilines is 1. The Bertz CT molecular complexity index is 710. The van der Waals surface area contributed by atoms with E-state index in [4.69, 9.17) is 21.1 Å². The minimum absolute atomic E-state index is 0.145. The molecule has 1 heterocycles. The number of hydrogen-bond acceptors (Lipinski definition) is 7. The molecule has 0 saturated carbocycles. The maximum Gasteiger partial charge on any atom is 0.238 e. The summed E-state index contributed by atoms with van der Waals surface area (Å²) in [5.41, 5.74) is 1.32. The summed E-state index contributed by atoms with van der Waals surface area (Å²) in [5.74, 6) is 1.12. The standard InChI is InChI=1S/C16H21ClN4O3S/c1-4-23-13-7-6-11(8-14(13)24-5-2)18-15(22)10-21(3)9-12-16(17)25-20-19-12/h6-8H,4-5,9-10H2,1-3H3,(H,18,22). The summed E-state index contributed by atoms with van der Waals surface area (Å²) in [7, 11) is 1.82. The van der Waals surface area contributed by atoms with Crippen LogP contribution in [0.4, 0.5) is 5.69 Å². The maximum absolute atomic E-state index is 12.2. The summed E-state index contributed by atoms with van der Waals surface area (Å²) in [5, 5.41) is 6.79. The largest absolute Gasteiger partial charge is 0.490 e. The highest BCUT2D eigenvalue weighted by Gasteiger charge is 2.13. The summed E-state index contributed by atoms with van der Waals surface area (Å²) < 4.78 is 15.4. The number of ether oxygens (including phenoxy) is 2. The number of likely N-dealkylation sites (N-methyl/N-ethyl adjacent to an activating group) is 1. The molecule has 9 heteroatoms. The minimum atomic E-state index is -0.145. The molecule has 0 aliphatic carbocycles. The molecule has 0 atom stereocenters. The van der Waals surface area contributed by atoms with Gasteiger partial charge in [0, 0.05) is 29.8 Å². The number of nitrogens with one attached hydrogen (secondary N) is 1. The summed E-state index contributed by atoms with van der Waals surface area (Å²) in [6, 6.07) is 5.33. The molecule has 0 bridgehead atoms. The molecule has 0 radical (unpaired) electrons. The molecular weight excluding hydrogens is 364 g/mol. The Morgan fingerprint density at radius 1 is 1.28 bits per heavy atom. The predicted octanol–water partition coefficient (Wildman–Crippen LogP) is 3.06. The normalized spacial score (nSPS) is 10.8. The van der Waals surface area contributed by atoms with Gasteiger partial charge in [0.1, 0.15) is 10.0 Å². The Morgan fingerprint density at radius 2 is 2.00 bits per heavy atom. The number of carbonyl (C=O) groups is 1. The molecule has 2 aromatic rings. The highest BCUT2D eigenvalue weighted by Crippen LogP contribution is 2.30. The molecule has 1 aromatic carbocycles. The molecule has 0 aliphatic rings. The van der Waals surface area contributed by atoms with Crippen LogP contribution in [0.15, 0.2) is 18.2 Å². The molecule has 136 valence electrons. The third kappa shape index (κ3) is 5.84. The van der Waals surface area contributed by atoms with Crippen LogP contribution in [0.5, 0.6) is 11.5 Å². The van der Waals surface area contributed by atoms with Crippen molar-refractivity contribution in [1.29, 1.82) is 0 Å². The van der Waals surface area contributed by atoms with Crippen LogP contribution in [0.25, 0.3) is 0 Å². The van der Waals surface area contributed by atoms with Crippen LogP contribution in [0.3, 0.4) is 0 Å². The van der Waals surface area contributed by atoms with E-state index >= 15 is 0 Å². The third-order valence-corrected chi connectivity index (χ3v) is 4.15. The van der Waals surface area contributed by atoms with Crippen molar-refractivity contribution >= 4 is 34.7 Å². The van der Waals surface area contributed by atoms with Gasteiger partial charge >= 0.3 is 0 Å². The molecule has 1 aromatic heterocycles. The summed E-state index contributed by atoms with van der Waals surface area (Å²) >= 11 is 7.11. The van der Waals surface area contributed by atoms with E-state index in [1.807, 2.05) is 25.8 Å². The van der Waals surface area contributed by atoms with Crippen molar-refractivity contribution in [3.05, 3.63) is 28.2 Å². The van der Waals surface area contributed by atoms with E-state index in [1.165, 1.54) is 0 Å². The number of aromatic nitrogens is 2. The Balaban J connectivity index is 1.95. The van der Waals surface area contributed by atoms with Crippen LogP contribution < -0.4 is 14.8 Å². The fourth-order valence-corrected chi connectivity index (χ4v) is 2.79. The molecule has 25 heavy (non-hydrogen) atoms. The highest BCUT2D eigenvalue weighted by atomic mass is 35.5. The third-order valence-electron chi connectivity index (χ3n) is 3.17. The Kier molecular flexibility index (Phi) is 7.42. The molecule has 0 fully saturated rings. The van der Waals surface area contributed by atoms with Gasteiger partial charge in [0.05, 0.1) is 19.8 Å². The maximum atomic E-state index is 12.2. The van der Waals surface area contributed by atoms with Gasteiger partial charge in [0.2, 0.25) is 5.91 Å². The first-order valence-corrected chi connectivity index (χ1v) is 9.03. The average Bonchev–Trinajstić information content (AvgIpc) is 2.95. The number of benzene rings is 1. The molecule has 0 spiro atoms. The van der Waals surface area contributed by atoms with Crippen LogP contribution in [0.1, 0.15) is 19.5 Å². The first-order chi connectivity index (χ1) is 12.0. The van der Waals surface area contributed by atoms with Gasteiger partial charge in [-0.2, -0.15) is 0 Å². The van der Waals surface area contributed by atoms with Crippen molar-refractivity contribution < 1.29 is 14.3 Å². The number of halogens is 1. The van der Waals surface area contributed by atoms with Crippen LogP contribution in [-0.2, 0) is 11.3 Å². The zero-order valence-corrected chi connectivity index (χ0v) is 16.0. The lowest BCUT2D eigenvalue weighted by molar-refractivity contribution is -0.117. The Hall–Kier alpha value is -1.90. The van der Waals surface area contributed by atoms with Gasteiger partial charge in [-0.15, -0.1) is 5.10 Å². The summed E-state index contributed by atoms with van der Waals surface area (Å²) in [4.78, 5) is 14.0. The topological polar surface area (TPSA) is 76.6 Å². The van der Waals surface area contributed by atoms with Crippen molar-refractivity contribution in [2.45, 2.75) is 20.4 Å².